The van der Waals surface area contributed by atoms with E-state index >= 15 is 0 Å². The minimum Gasteiger partial charge on any atom is -0.368 e. The van der Waals surface area contributed by atoms with E-state index in [0.717, 1.165) is 16.9 Å². The highest BCUT2D eigenvalue weighted by molar-refractivity contribution is 6.22. The predicted molar refractivity (Wildman–Crippen MR) is 116 cm³/mol. The summed E-state index contributed by atoms with van der Waals surface area (Å²) in [7, 11) is 0. The Labute approximate surface area is 185 Å². The first kappa shape index (κ1) is 21.7. The Kier molecular flexibility index (Phi) is 6.61. The van der Waals surface area contributed by atoms with Crippen LogP contribution in [0.25, 0.3) is 0 Å². The maximum atomic E-state index is 13.1. The zero-order chi connectivity index (χ0) is 22.5. The Morgan fingerprint density at radius 2 is 1.56 bits per heavy atom. The minimum absolute atomic E-state index is 0.172. The van der Waals surface area contributed by atoms with Gasteiger partial charge in [0.05, 0.1) is 11.1 Å². The number of hydrogen-bond donors (Lipinski definition) is 2. The van der Waals surface area contributed by atoms with Crippen LogP contribution >= 0.6 is 0 Å². The van der Waals surface area contributed by atoms with Gasteiger partial charge in [-0.1, -0.05) is 42.5 Å². The number of nitrogens with zero attached hydrogens (tertiary/aromatic N) is 1. The quantitative estimate of drug-likeness (QED) is 0.481. The van der Waals surface area contributed by atoms with Gasteiger partial charge in [0, 0.05) is 26.1 Å². The maximum Gasteiger partial charge on any atom is 0.262 e. The Bertz CT molecular complexity index is 982. The van der Waals surface area contributed by atoms with Gasteiger partial charge in [-0.25, -0.2) is 0 Å². The maximum absolute atomic E-state index is 13.1. The molecular formula is C24H25N3O5. The van der Waals surface area contributed by atoms with Gasteiger partial charge in [0.25, 0.3) is 11.8 Å². The van der Waals surface area contributed by atoms with Gasteiger partial charge in [0.15, 0.2) is 0 Å². The van der Waals surface area contributed by atoms with Crippen LogP contribution in [0.5, 0.6) is 0 Å². The molecule has 166 valence electrons. The highest BCUT2D eigenvalue weighted by Gasteiger charge is 2.42. The predicted octanol–water partition coefficient (Wildman–Crippen LogP) is 1.31. The Hall–Kier alpha value is -3.52. The van der Waals surface area contributed by atoms with Crippen molar-refractivity contribution in [3.8, 4) is 0 Å². The van der Waals surface area contributed by atoms with Crippen molar-refractivity contribution in [1.82, 2.24) is 15.5 Å². The molecule has 32 heavy (non-hydrogen) atoms. The third kappa shape index (κ3) is 4.55. The monoisotopic (exact) mass is 435 g/mol. The van der Waals surface area contributed by atoms with Gasteiger partial charge in [-0.15, -0.1) is 0 Å². The fraction of sp³-hybridized carbons (Fsp3) is 0.333. The van der Waals surface area contributed by atoms with E-state index in [4.69, 9.17) is 4.74 Å². The van der Waals surface area contributed by atoms with E-state index in [1.165, 1.54) is 0 Å². The second-order valence-electron chi connectivity index (χ2n) is 7.82. The summed E-state index contributed by atoms with van der Waals surface area (Å²) in [4.78, 5) is 52.1. The number of hydrogen-bond acceptors (Lipinski definition) is 5. The van der Waals surface area contributed by atoms with E-state index in [2.05, 4.69) is 10.6 Å². The number of carbonyl (C=O) groups is 4. The van der Waals surface area contributed by atoms with Gasteiger partial charge < -0.3 is 15.4 Å². The third-order valence-corrected chi connectivity index (χ3v) is 5.66. The molecule has 4 rings (SSSR count). The molecule has 2 atom stereocenters. The molecule has 0 aliphatic carbocycles. The van der Waals surface area contributed by atoms with Gasteiger partial charge in [0.2, 0.25) is 11.8 Å². The molecule has 8 heteroatoms. The molecule has 2 unspecified atom stereocenters. The molecule has 0 saturated carbocycles. The van der Waals surface area contributed by atoms with Gasteiger partial charge in [-0.2, -0.15) is 0 Å². The molecular weight excluding hydrogens is 410 g/mol. The molecule has 2 N–H and O–H groups in total. The van der Waals surface area contributed by atoms with Crippen LogP contribution in [0.2, 0.25) is 0 Å². The molecule has 2 aliphatic heterocycles. The Morgan fingerprint density at radius 3 is 2.19 bits per heavy atom. The van der Waals surface area contributed by atoms with Crippen LogP contribution in [0.15, 0.2) is 54.6 Å². The average Bonchev–Trinajstić information content (AvgIpc) is 3.44. The highest BCUT2D eigenvalue weighted by atomic mass is 16.5. The van der Waals surface area contributed by atoms with Crippen LogP contribution in [0.3, 0.4) is 0 Å². The molecule has 0 radical (unpaired) electrons. The van der Waals surface area contributed by atoms with E-state index in [1.807, 2.05) is 30.3 Å². The van der Waals surface area contributed by atoms with Gasteiger partial charge in [-0.05, 0) is 30.5 Å². The molecule has 1 saturated heterocycles. The van der Waals surface area contributed by atoms with E-state index < -0.39 is 29.9 Å². The number of rotatable bonds is 8. The summed E-state index contributed by atoms with van der Waals surface area (Å²) in [6.07, 6.45) is 1.31. The van der Waals surface area contributed by atoms with Crippen LogP contribution in [0.4, 0.5) is 0 Å². The molecule has 1 fully saturated rings. The van der Waals surface area contributed by atoms with Crippen LogP contribution in [0.1, 0.15) is 39.1 Å². The molecule has 4 amide bonds. The Balaban J connectivity index is 1.44. The summed E-state index contributed by atoms with van der Waals surface area (Å²) in [5, 5.41) is 5.50. The zero-order valence-corrected chi connectivity index (χ0v) is 17.6. The largest absolute Gasteiger partial charge is 0.368 e. The second kappa shape index (κ2) is 9.74. The fourth-order valence-electron chi connectivity index (χ4n) is 4.02. The lowest BCUT2D eigenvalue weighted by Gasteiger charge is -2.25. The summed E-state index contributed by atoms with van der Waals surface area (Å²) in [5.41, 5.74) is 1.43. The van der Waals surface area contributed by atoms with E-state index in [0.29, 0.717) is 24.2 Å². The number of fused-ring (bicyclic) bond motifs is 1. The van der Waals surface area contributed by atoms with Crippen molar-refractivity contribution in [2.24, 2.45) is 0 Å². The zero-order valence-electron chi connectivity index (χ0n) is 17.6. The topological polar surface area (TPSA) is 105 Å². The number of carbonyl (C=O) groups excluding carboxylic acids is 4. The van der Waals surface area contributed by atoms with Gasteiger partial charge >= 0.3 is 0 Å². The van der Waals surface area contributed by atoms with Crippen molar-refractivity contribution in [3.05, 3.63) is 71.3 Å². The van der Waals surface area contributed by atoms with Gasteiger partial charge in [-0.3, -0.25) is 24.1 Å². The molecule has 0 spiro atoms. The third-order valence-electron chi connectivity index (χ3n) is 5.66. The van der Waals surface area contributed by atoms with Crippen molar-refractivity contribution in [2.75, 3.05) is 19.7 Å². The average molecular weight is 435 g/mol. The lowest BCUT2D eigenvalue weighted by atomic mass is 10.0. The SMILES string of the molecule is O=C(NCCNC(=O)C(Cc1ccccc1)N1C(=O)c2ccccc2C1=O)C1CCCO1. The van der Waals surface area contributed by atoms with Crippen molar-refractivity contribution in [1.29, 1.82) is 0 Å². The van der Waals surface area contributed by atoms with Crippen LogP contribution in [-0.4, -0.2) is 60.4 Å². The molecule has 8 nitrogen and oxygen atoms in total. The van der Waals surface area contributed by atoms with Crippen molar-refractivity contribution >= 4 is 23.6 Å². The number of ether oxygens (including phenoxy) is 1. The smallest absolute Gasteiger partial charge is 0.262 e. The number of benzene rings is 2. The molecule has 0 aromatic heterocycles. The Morgan fingerprint density at radius 1 is 0.938 bits per heavy atom. The van der Waals surface area contributed by atoms with Crippen molar-refractivity contribution in [2.45, 2.75) is 31.4 Å². The molecule has 0 bridgehead atoms. The lowest BCUT2D eigenvalue weighted by molar-refractivity contribution is -0.130. The summed E-state index contributed by atoms with van der Waals surface area (Å²) in [6, 6.07) is 14.8. The first-order valence-corrected chi connectivity index (χ1v) is 10.7. The molecule has 2 heterocycles. The summed E-state index contributed by atoms with van der Waals surface area (Å²) in [5.74, 6) is -1.60. The van der Waals surface area contributed by atoms with Crippen molar-refractivity contribution < 1.29 is 23.9 Å². The second-order valence-corrected chi connectivity index (χ2v) is 7.82. The summed E-state index contributed by atoms with van der Waals surface area (Å²) >= 11 is 0. The van der Waals surface area contributed by atoms with Crippen LogP contribution in [0, 0.1) is 0 Å². The first-order valence-electron chi connectivity index (χ1n) is 10.7. The normalized spacial score (nSPS) is 18.4. The molecule has 2 aromatic carbocycles. The molecule has 2 aliphatic rings. The van der Waals surface area contributed by atoms with Gasteiger partial charge in [0.1, 0.15) is 12.1 Å². The summed E-state index contributed by atoms with van der Waals surface area (Å²) < 4.78 is 5.34. The van der Waals surface area contributed by atoms with Crippen LogP contribution in [-0.2, 0) is 20.7 Å². The van der Waals surface area contributed by atoms with Crippen molar-refractivity contribution in [3.63, 3.8) is 0 Å². The fourth-order valence-corrected chi connectivity index (χ4v) is 4.02. The van der Waals surface area contributed by atoms with E-state index in [9.17, 15) is 19.2 Å². The van der Waals surface area contributed by atoms with Crippen LogP contribution < -0.4 is 10.6 Å². The minimum atomic E-state index is -1.00. The van der Waals surface area contributed by atoms with E-state index in [-0.39, 0.29) is 25.4 Å². The lowest BCUT2D eigenvalue weighted by Crippen LogP contribution is -2.52. The first-order chi connectivity index (χ1) is 15.6. The highest BCUT2D eigenvalue weighted by Crippen LogP contribution is 2.26. The standard InChI is InChI=1S/C24H25N3O5/c28-21(25-12-13-26-22(29)20-11-6-14-32-20)19(15-16-7-2-1-3-8-16)27-23(30)17-9-4-5-10-18(17)24(27)31/h1-5,7-10,19-20H,6,11-15H2,(H,25,28)(H,26,29). The number of imide groups is 1. The number of amides is 4. The summed E-state index contributed by atoms with van der Waals surface area (Å²) in [6.45, 7) is 0.979. The van der Waals surface area contributed by atoms with E-state index in [1.54, 1.807) is 24.3 Å². The number of nitrogens with one attached hydrogen (secondary N) is 2. The molecule has 2 aromatic rings.